The van der Waals surface area contributed by atoms with Gasteiger partial charge in [0.15, 0.2) is 0 Å². The van der Waals surface area contributed by atoms with E-state index >= 15 is 0 Å². The minimum absolute atomic E-state index is 0.440. The molecule has 0 spiro atoms. The van der Waals surface area contributed by atoms with Gasteiger partial charge in [0.1, 0.15) is 0 Å². The molecule has 0 aromatic heterocycles. The molecule has 1 heterocycles. The first-order valence-electron chi connectivity index (χ1n) is 4.96. The van der Waals surface area contributed by atoms with Gasteiger partial charge in [-0.05, 0) is 31.2 Å². The number of benzene rings is 1. The monoisotopic (exact) mass is 221 g/mol. The highest BCUT2D eigenvalue weighted by Crippen LogP contribution is 2.24. The summed E-state index contributed by atoms with van der Waals surface area (Å²) in [7, 11) is 0. The molecule has 3 nitrogen and oxygen atoms in total. The van der Waals surface area contributed by atoms with E-state index in [0.717, 1.165) is 25.2 Å². The van der Waals surface area contributed by atoms with E-state index in [-0.39, 0.29) is 0 Å². The van der Waals surface area contributed by atoms with Crippen molar-refractivity contribution in [3.8, 4) is 6.07 Å². The van der Waals surface area contributed by atoms with E-state index in [4.69, 9.17) is 16.9 Å². The topological polar surface area (TPSA) is 47.9 Å². The van der Waals surface area contributed by atoms with E-state index in [1.165, 1.54) is 0 Å². The van der Waals surface area contributed by atoms with Crippen LogP contribution in [-0.4, -0.2) is 19.1 Å². The van der Waals surface area contributed by atoms with E-state index in [1.54, 1.807) is 12.1 Å². The maximum Gasteiger partial charge on any atom is 0.0992 e. The Bertz CT molecular complexity index is 391. The Morgan fingerprint density at radius 1 is 1.53 bits per heavy atom. The molecule has 78 valence electrons. The molecule has 0 bridgehead atoms. The van der Waals surface area contributed by atoms with Gasteiger partial charge in [-0.15, -0.1) is 0 Å². The Morgan fingerprint density at radius 3 is 3.00 bits per heavy atom. The Morgan fingerprint density at radius 2 is 2.40 bits per heavy atom. The van der Waals surface area contributed by atoms with Crippen LogP contribution >= 0.6 is 11.6 Å². The molecule has 0 saturated carbocycles. The van der Waals surface area contributed by atoms with Crippen LogP contribution in [0.3, 0.4) is 0 Å². The predicted molar refractivity (Wildman–Crippen MR) is 61.1 cm³/mol. The predicted octanol–water partition coefficient (Wildman–Crippen LogP) is 1.99. The van der Waals surface area contributed by atoms with E-state index in [9.17, 15) is 0 Å². The second kappa shape index (κ2) is 4.52. The molecule has 4 heteroatoms. The highest BCUT2D eigenvalue weighted by atomic mass is 35.5. The van der Waals surface area contributed by atoms with Crippen LogP contribution in [0.25, 0.3) is 0 Å². The minimum atomic E-state index is 0.440. The molecular weight excluding hydrogens is 210 g/mol. The van der Waals surface area contributed by atoms with Crippen LogP contribution in [0.5, 0.6) is 0 Å². The lowest BCUT2D eigenvalue weighted by Gasteiger charge is -2.14. The third-order valence-electron chi connectivity index (χ3n) is 2.52. The first-order valence-corrected chi connectivity index (χ1v) is 5.34. The Hall–Kier alpha value is -1.24. The largest absolute Gasteiger partial charge is 0.380 e. The van der Waals surface area contributed by atoms with Gasteiger partial charge in [-0.2, -0.15) is 5.26 Å². The highest BCUT2D eigenvalue weighted by molar-refractivity contribution is 6.33. The first kappa shape index (κ1) is 10.3. The number of rotatable bonds is 2. The van der Waals surface area contributed by atoms with Crippen molar-refractivity contribution in [1.82, 2.24) is 5.32 Å². The minimum Gasteiger partial charge on any atom is -0.380 e. The molecule has 1 aliphatic heterocycles. The van der Waals surface area contributed by atoms with Crippen molar-refractivity contribution in [1.29, 1.82) is 5.26 Å². The maximum absolute atomic E-state index is 8.70. The van der Waals surface area contributed by atoms with E-state index in [1.807, 2.05) is 6.07 Å². The average molecular weight is 222 g/mol. The lowest BCUT2D eigenvalue weighted by atomic mass is 10.2. The molecule has 1 atom stereocenters. The summed E-state index contributed by atoms with van der Waals surface area (Å²) >= 11 is 6.05. The van der Waals surface area contributed by atoms with Gasteiger partial charge in [0.2, 0.25) is 0 Å². The Balaban J connectivity index is 2.11. The average Bonchev–Trinajstić information content (AvgIpc) is 2.74. The van der Waals surface area contributed by atoms with Crippen LogP contribution in [0, 0.1) is 11.3 Å². The van der Waals surface area contributed by atoms with Gasteiger partial charge < -0.3 is 10.6 Å². The van der Waals surface area contributed by atoms with Crippen molar-refractivity contribution < 1.29 is 0 Å². The summed E-state index contributed by atoms with van der Waals surface area (Å²) in [5, 5.41) is 15.9. The van der Waals surface area contributed by atoms with E-state index in [0.29, 0.717) is 16.6 Å². The standard InChI is InChI=1S/C11H12ClN3/c12-10-5-8(6-13)1-2-11(10)15-9-3-4-14-7-9/h1-2,5,9,14-15H,3-4,7H2. The zero-order valence-electron chi connectivity index (χ0n) is 8.26. The van der Waals surface area contributed by atoms with Gasteiger partial charge in [-0.25, -0.2) is 0 Å². The summed E-state index contributed by atoms with van der Waals surface area (Å²) in [6.07, 6.45) is 1.11. The molecule has 2 N–H and O–H groups in total. The third-order valence-corrected chi connectivity index (χ3v) is 2.83. The molecule has 1 aliphatic rings. The quantitative estimate of drug-likeness (QED) is 0.803. The molecule has 1 saturated heterocycles. The fraction of sp³-hybridized carbons (Fsp3) is 0.364. The molecule has 15 heavy (non-hydrogen) atoms. The lowest BCUT2D eigenvalue weighted by Crippen LogP contribution is -2.22. The molecule has 0 amide bonds. The number of anilines is 1. The number of hydrogen-bond donors (Lipinski definition) is 2. The fourth-order valence-electron chi connectivity index (χ4n) is 1.70. The second-order valence-corrected chi connectivity index (χ2v) is 4.05. The highest BCUT2D eigenvalue weighted by Gasteiger charge is 2.14. The van der Waals surface area contributed by atoms with Gasteiger partial charge >= 0.3 is 0 Å². The van der Waals surface area contributed by atoms with E-state index < -0.39 is 0 Å². The van der Waals surface area contributed by atoms with Crippen LogP contribution in [0.2, 0.25) is 5.02 Å². The molecule has 1 aromatic carbocycles. The summed E-state index contributed by atoms with van der Waals surface area (Å²) in [5.74, 6) is 0. The number of halogens is 1. The second-order valence-electron chi connectivity index (χ2n) is 3.64. The van der Waals surface area contributed by atoms with Crippen molar-refractivity contribution in [3.05, 3.63) is 28.8 Å². The molecule has 1 fully saturated rings. The van der Waals surface area contributed by atoms with Crippen LogP contribution in [0.15, 0.2) is 18.2 Å². The third kappa shape index (κ3) is 2.41. The van der Waals surface area contributed by atoms with Crippen molar-refractivity contribution in [3.63, 3.8) is 0 Å². The summed E-state index contributed by atoms with van der Waals surface area (Å²) < 4.78 is 0. The zero-order chi connectivity index (χ0) is 10.7. The van der Waals surface area contributed by atoms with Crippen molar-refractivity contribution in [2.75, 3.05) is 18.4 Å². The van der Waals surface area contributed by atoms with Crippen molar-refractivity contribution in [2.45, 2.75) is 12.5 Å². The van der Waals surface area contributed by atoms with E-state index in [2.05, 4.69) is 16.7 Å². The van der Waals surface area contributed by atoms with Gasteiger partial charge in [0.05, 0.1) is 22.3 Å². The maximum atomic E-state index is 8.70. The number of nitriles is 1. The summed E-state index contributed by atoms with van der Waals surface area (Å²) in [5.41, 5.74) is 1.50. The normalized spacial score (nSPS) is 19.9. The van der Waals surface area contributed by atoms with Crippen LogP contribution < -0.4 is 10.6 Å². The molecule has 1 unspecified atom stereocenters. The van der Waals surface area contributed by atoms with Gasteiger partial charge in [-0.3, -0.25) is 0 Å². The molecule has 1 aromatic rings. The molecule has 0 radical (unpaired) electrons. The van der Waals surface area contributed by atoms with Gasteiger partial charge in [0.25, 0.3) is 0 Å². The summed E-state index contributed by atoms with van der Waals surface area (Å²) in [4.78, 5) is 0. The molecular formula is C11H12ClN3. The SMILES string of the molecule is N#Cc1ccc(NC2CCNC2)c(Cl)c1. The smallest absolute Gasteiger partial charge is 0.0992 e. The first-order chi connectivity index (χ1) is 7.29. The number of hydrogen-bond acceptors (Lipinski definition) is 3. The van der Waals surface area contributed by atoms with Crippen LogP contribution in [-0.2, 0) is 0 Å². The van der Waals surface area contributed by atoms with Gasteiger partial charge in [0, 0.05) is 12.6 Å². The van der Waals surface area contributed by atoms with Crippen LogP contribution in [0.1, 0.15) is 12.0 Å². The summed E-state index contributed by atoms with van der Waals surface area (Å²) in [6.45, 7) is 2.02. The van der Waals surface area contributed by atoms with Crippen molar-refractivity contribution >= 4 is 17.3 Å². The summed E-state index contributed by atoms with van der Waals surface area (Å²) in [6, 6.07) is 7.83. The van der Waals surface area contributed by atoms with Crippen LogP contribution in [0.4, 0.5) is 5.69 Å². The fourth-order valence-corrected chi connectivity index (χ4v) is 1.93. The van der Waals surface area contributed by atoms with Gasteiger partial charge in [-0.1, -0.05) is 11.6 Å². The lowest BCUT2D eigenvalue weighted by molar-refractivity contribution is 0.793. The number of nitrogens with one attached hydrogen (secondary N) is 2. The van der Waals surface area contributed by atoms with Crippen molar-refractivity contribution in [2.24, 2.45) is 0 Å². The number of nitrogens with zero attached hydrogens (tertiary/aromatic N) is 1. The Labute approximate surface area is 94.0 Å². The molecule has 0 aliphatic carbocycles. The Kier molecular flexibility index (Phi) is 3.10. The molecule has 2 rings (SSSR count). The zero-order valence-corrected chi connectivity index (χ0v) is 9.01.